The highest BCUT2D eigenvalue weighted by Crippen LogP contribution is 2.31. The number of benzene rings is 2. The zero-order chi connectivity index (χ0) is 26.4. The van der Waals surface area contributed by atoms with Crippen molar-refractivity contribution in [2.45, 2.75) is 39.0 Å². The smallest absolute Gasteiger partial charge is 0.416 e. The predicted molar refractivity (Wildman–Crippen MR) is 145 cm³/mol. The van der Waals surface area contributed by atoms with Crippen LogP contribution in [-0.4, -0.2) is 58.6 Å². The lowest BCUT2D eigenvalue weighted by Crippen LogP contribution is -2.46. The van der Waals surface area contributed by atoms with Crippen LogP contribution in [0.1, 0.15) is 24.7 Å². The number of hydrogen-bond acceptors (Lipinski definition) is 5. The fourth-order valence-corrected chi connectivity index (χ4v) is 4.67. The van der Waals surface area contributed by atoms with Crippen molar-refractivity contribution >= 4 is 29.7 Å². The first-order chi connectivity index (χ1) is 17.7. The highest BCUT2D eigenvalue weighted by Gasteiger charge is 2.30. The summed E-state index contributed by atoms with van der Waals surface area (Å²) >= 11 is 6.12. The lowest BCUT2D eigenvalue weighted by atomic mass is 10.2. The Kier molecular flexibility index (Phi) is 10.5. The lowest BCUT2D eigenvalue weighted by Gasteiger charge is -2.36. The van der Waals surface area contributed by atoms with Gasteiger partial charge in [0.1, 0.15) is 18.2 Å². The van der Waals surface area contributed by atoms with Gasteiger partial charge < -0.3 is 9.64 Å². The molecule has 0 bridgehead atoms. The van der Waals surface area contributed by atoms with Crippen molar-refractivity contribution in [1.29, 1.82) is 0 Å². The van der Waals surface area contributed by atoms with Gasteiger partial charge in [-0.1, -0.05) is 30.7 Å². The van der Waals surface area contributed by atoms with Gasteiger partial charge in [0.15, 0.2) is 0 Å². The number of alkyl halides is 3. The zero-order valence-corrected chi connectivity index (χ0v) is 22.7. The van der Waals surface area contributed by atoms with Gasteiger partial charge in [-0.15, -0.1) is 12.4 Å². The molecule has 0 N–H and O–H groups in total. The Hall–Kier alpha value is -2.69. The number of hydrogen-bond donors (Lipinski definition) is 0. The van der Waals surface area contributed by atoms with Crippen molar-refractivity contribution in [1.82, 2.24) is 19.2 Å². The number of anilines is 1. The number of rotatable bonds is 10. The summed E-state index contributed by atoms with van der Waals surface area (Å²) in [5.74, 6) is 0.747. The predicted octanol–water partition coefficient (Wildman–Crippen LogP) is 4.99. The monoisotopic (exact) mass is 573 g/mol. The van der Waals surface area contributed by atoms with Gasteiger partial charge in [-0.25, -0.2) is 9.48 Å². The van der Waals surface area contributed by atoms with E-state index in [4.69, 9.17) is 16.3 Å². The maximum Gasteiger partial charge on any atom is 0.416 e. The Bertz CT molecular complexity index is 1240. The Morgan fingerprint density at radius 1 is 1.00 bits per heavy atom. The van der Waals surface area contributed by atoms with E-state index in [0.29, 0.717) is 18.8 Å². The number of halogens is 5. The van der Waals surface area contributed by atoms with Crippen LogP contribution in [0, 0.1) is 0 Å². The molecule has 2 heterocycles. The Labute approximate surface area is 231 Å². The van der Waals surface area contributed by atoms with Crippen LogP contribution in [0.2, 0.25) is 5.02 Å². The summed E-state index contributed by atoms with van der Waals surface area (Å²) in [7, 11) is 0. The van der Waals surface area contributed by atoms with Gasteiger partial charge in [0, 0.05) is 56.4 Å². The fraction of sp³-hybridized carbons (Fsp3) is 0.462. The van der Waals surface area contributed by atoms with Crippen molar-refractivity contribution in [2.24, 2.45) is 0 Å². The summed E-state index contributed by atoms with van der Waals surface area (Å²) in [6.45, 7) is 7.26. The third-order valence-electron chi connectivity index (χ3n) is 6.45. The SMILES string of the molecule is CCc1nn(CCCN2CCN(c3cccc(Cl)c3)CC2)c(=O)n1CCOc1cccc(C(F)(F)F)c1.Cl. The standard InChI is InChI=1S/C26H31ClF3N5O2.ClH/c1-2-24-31-35(11-5-10-32-12-14-33(15-13-32)22-8-4-7-21(27)19-22)25(36)34(24)16-17-37-23-9-3-6-20(18-23)26(28,29)30;/h3-4,6-9,18-19H,2,5,10-17H2,1H3;1H. The number of aryl methyl sites for hydroxylation is 2. The second kappa shape index (κ2) is 13.4. The molecule has 12 heteroatoms. The molecule has 0 atom stereocenters. The topological polar surface area (TPSA) is 55.5 Å². The summed E-state index contributed by atoms with van der Waals surface area (Å²) in [6, 6.07) is 12.6. The second-order valence-electron chi connectivity index (χ2n) is 8.96. The third kappa shape index (κ3) is 7.68. The Morgan fingerprint density at radius 3 is 2.42 bits per heavy atom. The molecule has 1 aliphatic rings. The summed E-state index contributed by atoms with van der Waals surface area (Å²) in [6.07, 6.45) is -3.08. The molecule has 0 aliphatic carbocycles. The molecule has 0 saturated carbocycles. The van der Waals surface area contributed by atoms with Gasteiger partial charge in [-0.3, -0.25) is 9.47 Å². The Balaban J connectivity index is 0.00000400. The first kappa shape index (κ1) is 29.9. The highest BCUT2D eigenvalue weighted by molar-refractivity contribution is 6.30. The molecular weight excluding hydrogens is 542 g/mol. The average Bonchev–Trinajstić information content (AvgIpc) is 3.18. The van der Waals surface area contributed by atoms with Crippen molar-refractivity contribution in [2.75, 3.05) is 44.2 Å². The minimum atomic E-state index is -4.43. The average molecular weight is 574 g/mol. The summed E-state index contributed by atoms with van der Waals surface area (Å²) in [5.41, 5.74) is 0.138. The molecule has 3 aromatic rings. The minimum Gasteiger partial charge on any atom is -0.492 e. The van der Waals surface area contributed by atoms with E-state index in [0.717, 1.165) is 62.0 Å². The van der Waals surface area contributed by atoms with Crippen molar-refractivity contribution < 1.29 is 17.9 Å². The van der Waals surface area contributed by atoms with Gasteiger partial charge in [0.05, 0.1) is 12.1 Å². The van der Waals surface area contributed by atoms with Crippen LogP contribution in [0.5, 0.6) is 5.75 Å². The van der Waals surface area contributed by atoms with E-state index in [-0.39, 0.29) is 37.0 Å². The fourth-order valence-electron chi connectivity index (χ4n) is 4.48. The highest BCUT2D eigenvalue weighted by atomic mass is 35.5. The minimum absolute atomic E-state index is 0. The largest absolute Gasteiger partial charge is 0.492 e. The summed E-state index contributed by atoms with van der Waals surface area (Å²) < 4.78 is 47.2. The normalized spacial score (nSPS) is 14.4. The van der Waals surface area contributed by atoms with Crippen LogP contribution in [-0.2, 0) is 25.7 Å². The molecule has 4 rings (SSSR count). The molecule has 1 saturated heterocycles. The molecule has 1 fully saturated rings. The molecule has 7 nitrogen and oxygen atoms in total. The van der Waals surface area contributed by atoms with E-state index in [1.54, 1.807) is 0 Å². The summed E-state index contributed by atoms with van der Waals surface area (Å²) in [4.78, 5) is 17.6. The first-order valence-electron chi connectivity index (χ1n) is 12.4. The van der Waals surface area contributed by atoms with Crippen LogP contribution in [0.15, 0.2) is 53.3 Å². The van der Waals surface area contributed by atoms with Crippen LogP contribution in [0.3, 0.4) is 0 Å². The summed E-state index contributed by atoms with van der Waals surface area (Å²) in [5, 5.41) is 5.20. The van der Waals surface area contributed by atoms with Crippen molar-refractivity contribution in [3.05, 3.63) is 75.4 Å². The molecule has 0 spiro atoms. The Morgan fingerprint density at radius 2 is 1.74 bits per heavy atom. The maximum atomic E-state index is 12.9. The number of nitrogens with zero attached hydrogens (tertiary/aromatic N) is 5. The van der Waals surface area contributed by atoms with Gasteiger partial charge in [0.2, 0.25) is 0 Å². The van der Waals surface area contributed by atoms with Crippen molar-refractivity contribution in [3.63, 3.8) is 0 Å². The van der Waals surface area contributed by atoms with Gasteiger partial charge in [0.25, 0.3) is 0 Å². The third-order valence-corrected chi connectivity index (χ3v) is 6.69. The van der Waals surface area contributed by atoms with E-state index in [9.17, 15) is 18.0 Å². The molecular formula is C26H32Cl2F3N5O2. The number of ether oxygens (including phenoxy) is 1. The van der Waals surface area contributed by atoms with Crippen molar-refractivity contribution in [3.8, 4) is 5.75 Å². The van der Waals surface area contributed by atoms with Gasteiger partial charge >= 0.3 is 11.9 Å². The molecule has 0 radical (unpaired) electrons. The quantitative estimate of drug-likeness (QED) is 0.342. The lowest BCUT2D eigenvalue weighted by molar-refractivity contribution is -0.137. The van der Waals surface area contributed by atoms with E-state index in [2.05, 4.69) is 21.0 Å². The van der Waals surface area contributed by atoms with E-state index >= 15 is 0 Å². The molecule has 208 valence electrons. The van der Waals surface area contributed by atoms with E-state index in [1.807, 2.05) is 25.1 Å². The first-order valence-corrected chi connectivity index (χ1v) is 12.8. The molecule has 1 aromatic heterocycles. The molecule has 1 aliphatic heterocycles. The van der Waals surface area contributed by atoms with Crippen LogP contribution < -0.4 is 15.3 Å². The maximum absolute atomic E-state index is 12.9. The van der Waals surface area contributed by atoms with Gasteiger partial charge in [-0.2, -0.15) is 18.3 Å². The molecule has 0 unspecified atom stereocenters. The number of aromatic nitrogens is 3. The van der Waals surface area contributed by atoms with E-state index in [1.165, 1.54) is 21.4 Å². The second-order valence-corrected chi connectivity index (χ2v) is 9.40. The van der Waals surface area contributed by atoms with Crippen LogP contribution >= 0.6 is 24.0 Å². The number of piperazine rings is 1. The van der Waals surface area contributed by atoms with Crippen LogP contribution in [0.25, 0.3) is 0 Å². The van der Waals surface area contributed by atoms with Gasteiger partial charge in [-0.05, 0) is 42.8 Å². The van der Waals surface area contributed by atoms with E-state index < -0.39 is 11.7 Å². The molecule has 38 heavy (non-hydrogen) atoms. The molecule has 0 amide bonds. The molecule has 2 aromatic carbocycles. The van der Waals surface area contributed by atoms with Crippen LogP contribution in [0.4, 0.5) is 18.9 Å². The zero-order valence-electron chi connectivity index (χ0n) is 21.2.